The van der Waals surface area contributed by atoms with Crippen LogP contribution in [0.25, 0.3) is 10.9 Å². The van der Waals surface area contributed by atoms with E-state index in [1.165, 1.54) is 16.7 Å². The molecule has 0 atom stereocenters. The number of alkyl halides is 2. The molecule has 3 aromatic rings. The SMILES string of the molecule is C=NN(/C=C\C)Cc1cccc(Cn2c(=O)c3cc(OC(CF)CF)ccc3n(C3CCN(C=O)CC3)c2=O)c1. The second-order valence-electron chi connectivity index (χ2n) is 9.69. The molecule has 9 nitrogen and oxygen atoms in total. The molecular formula is C29H33F2N5O4. The first-order valence-electron chi connectivity index (χ1n) is 13.1. The maximum Gasteiger partial charge on any atom is 0.332 e. The van der Waals surface area contributed by atoms with E-state index in [0.29, 0.717) is 38.0 Å². The average molecular weight is 554 g/mol. The summed E-state index contributed by atoms with van der Waals surface area (Å²) in [7, 11) is 0. The van der Waals surface area contributed by atoms with E-state index in [-0.39, 0.29) is 23.7 Å². The molecule has 40 heavy (non-hydrogen) atoms. The summed E-state index contributed by atoms with van der Waals surface area (Å²) in [5, 5.41) is 5.85. The Balaban J connectivity index is 1.79. The molecule has 0 bridgehead atoms. The van der Waals surface area contributed by atoms with Crippen LogP contribution in [0.3, 0.4) is 0 Å². The fourth-order valence-corrected chi connectivity index (χ4v) is 4.99. The molecule has 11 heteroatoms. The van der Waals surface area contributed by atoms with Crippen LogP contribution in [0, 0.1) is 0 Å². The van der Waals surface area contributed by atoms with Crippen LogP contribution in [0.1, 0.15) is 36.9 Å². The second kappa shape index (κ2) is 13.2. The normalized spacial score (nSPS) is 14.2. The van der Waals surface area contributed by atoms with Crippen molar-refractivity contribution in [3.63, 3.8) is 0 Å². The van der Waals surface area contributed by atoms with Gasteiger partial charge >= 0.3 is 5.69 Å². The predicted molar refractivity (Wildman–Crippen MR) is 150 cm³/mol. The average Bonchev–Trinajstić information content (AvgIpc) is 2.98. The Morgan fingerprint density at radius 2 is 1.85 bits per heavy atom. The molecule has 0 saturated carbocycles. The van der Waals surface area contributed by atoms with Gasteiger partial charge in [-0.15, -0.1) is 0 Å². The van der Waals surface area contributed by atoms with Crippen LogP contribution in [0.2, 0.25) is 0 Å². The number of carbonyl (C=O) groups excluding carboxylic acids is 1. The molecule has 0 unspecified atom stereocenters. The minimum Gasteiger partial charge on any atom is -0.485 e. The van der Waals surface area contributed by atoms with Gasteiger partial charge in [-0.1, -0.05) is 30.3 Å². The minimum absolute atomic E-state index is 0.0163. The molecule has 1 aromatic heterocycles. The topological polar surface area (TPSA) is 89.1 Å². The fourth-order valence-electron chi connectivity index (χ4n) is 4.99. The third-order valence-electron chi connectivity index (χ3n) is 6.98. The van der Waals surface area contributed by atoms with Crippen LogP contribution >= 0.6 is 0 Å². The van der Waals surface area contributed by atoms with Gasteiger partial charge in [-0.05, 0) is 49.1 Å². The van der Waals surface area contributed by atoms with E-state index in [9.17, 15) is 23.2 Å². The molecule has 1 fully saturated rings. The molecular weight excluding hydrogens is 520 g/mol. The van der Waals surface area contributed by atoms with E-state index >= 15 is 0 Å². The lowest BCUT2D eigenvalue weighted by Gasteiger charge is -2.31. The number of rotatable bonds is 12. The number of hydrogen-bond acceptors (Lipinski definition) is 6. The largest absolute Gasteiger partial charge is 0.485 e. The molecule has 1 amide bonds. The zero-order valence-corrected chi connectivity index (χ0v) is 22.4. The molecule has 1 aliphatic rings. The summed E-state index contributed by atoms with van der Waals surface area (Å²) >= 11 is 0. The van der Waals surface area contributed by atoms with Crippen molar-refractivity contribution in [2.24, 2.45) is 5.10 Å². The number of nitrogens with zero attached hydrogens (tertiary/aromatic N) is 5. The summed E-state index contributed by atoms with van der Waals surface area (Å²) in [4.78, 5) is 40.5. The van der Waals surface area contributed by atoms with Crippen LogP contribution in [0.4, 0.5) is 8.78 Å². The van der Waals surface area contributed by atoms with Gasteiger partial charge in [0.05, 0.1) is 24.0 Å². The van der Waals surface area contributed by atoms with Gasteiger partial charge in [-0.25, -0.2) is 13.6 Å². The number of allylic oxidation sites excluding steroid dienone is 1. The van der Waals surface area contributed by atoms with Crippen LogP contribution in [-0.2, 0) is 17.9 Å². The van der Waals surface area contributed by atoms with E-state index < -0.39 is 30.7 Å². The summed E-state index contributed by atoms with van der Waals surface area (Å²) in [6.07, 6.45) is 4.23. The number of hydrogen-bond donors (Lipinski definition) is 0. The Kier molecular flexibility index (Phi) is 9.47. The molecule has 0 spiro atoms. The highest BCUT2D eigenvalue weighted by Crippen LogP contribution is 2.26. The number of benzene rings is 2. The standard InChI is InChI=1S/C29H33F2N5O4/c1-3-11-34(32-2)18-21-5-4-6-22(14-21)19-35-28(38)26-15-24(40-25(16-30)17-31)7-8-27(26)36(29(35)39)23-9-12-33(20-37)13-10-23/h3-8,11,14-15,20,23,25H,2,9-10,12-13,16-19H2,1H3/b11-3-. The summed E-state index contributed by atoms with van der Waals surface area (Å²) in [6, 6.07) is 11.8. The van der Waals surface area contributed by atoms with Gasteiger partial charge in [0, 0.05) is 32.0 Å². The number of halogens is 2. The highest BCUT2D eigenvalue weighted by atomic mass is 19.1. The number of ether oxygens (including phenoxy) is 1. The van der Waals surface area contributed by atoms with Crippen molar-refractivity contribution in [3.8, 4) is 5.75 Å². The van der Waals surface area contributed by atoms with Gasteiger partial charge in [-0.3, -0.25) is 23.7 Å². The van der Waals surface area contributed by atoms with E-state index in [0.717, 1.165) is 17.5 Å². The number of fused-ring (bicyclic) bond motifs is 1. The van der Waals surface area contributed by atoms with Crippen molar-refractivity contribution in [2.45, 2.75) is 45.0 Å². The van der Waals surface area contributed by atoms with Gasteiger partial charge < -0.3 is 9.64 Å². The van der Waals surface area contributed by atoms with Crippen LogP contribution < -0.4 is 16.0 Å². The molecule has 0 aliphatic carbocycles. The number of likely N-dealkylation sites (tertiary alicyclic amines) is 1. The molecule has 1 saturated heterocycles. The summed E-state index contributed by atoms with van der Waals surface area (Å²) in [5.74, 6) is 0.139. The van der Waals surface area contributed by atoms with Crippen molar-refractivity contribution >= 4 is 24.0 Å². The highest BCUT2D eigenvalue weighted by molar-refractivity contribution is 5.80. The Bertz CT molecular complexity index is 1490. The van der Waals surface area contributed by atoms with E-state index in [2.05, 4.69) is 11.8 Å². The van der Waals surface area contributed by atoms with Gasteiger partial charge in [0.15, 0.2) is 6.10 Å². The number of amides is 1. The van der Waals surface area contributed by atoms with E-state index in [4.69, 9.17) is 4.74 Å². The van der Waals surface area contributed by atoms with Crippen molar-refractivity contribution < 1.29 is 18.3 Å². The number of piperidine rings is 1. The molecule has 1 aliphatic heterocycles. The maximum absolute atomic E-state index is 13.9. The smallest absolute Gasteiger partial charge is 0.332 e. The van der Waals surface area contributed by atoms with Crippen molar-refractivity contribution in [1.29, 1.82) is 0 Å². The summed E-state index contributed by atoms with van der Waals surface area (Å²) < 4.78 is 34.4. The van der Waals surface area contributed by atoms with Gasteiger partial charge in [-0.2, -0.15) is 5.10 Å². The van der Waals surface area contributed by atoms with Gasteiger partial charge in [0.2, 0.25) is 6.41 Å². The molecule has 2 aromatic carbocycles. The Hall–Kier alpha value is -4.28. The Morgan fingerprint density at radius 3 is 2.50 bits per heavy atom. The lowest BCUT2D eigenvalue weighted by molar-refractivity contribution is -0.119. The lowest BCUT2D eigenvalue weighted by Crippen LogP contribution is -2.44. The van der Waals surface area contributed by atoms with E-state index in [1.54, 1.807) is 26.7 Å². The van der Waals surface area contributed by atoms with Crippen LogP contribution in [0.5, 0.6) is 5.75 Å². The molecule has 212 valence electrons. The third kappa shape index (κ3) is 6.30. The van der Waals surface area contributed by atoms with Gasteiger partial charge in [0.25, 0.3) is 5.56 Å². The minimum atomic E-state index is -1.28. The Labute approximate surface area is 230 Å². The summed E-state index contributed by atoms with van der Waals surface area (Å²) in [5.41, 5.74) is 1.07. The monoisotopic (exact) mass is 553 g/mol. The zero-order valence-electron chi connectivity index (χ0n) is 22.4. The first-order valence-corrected chi connectivity index (χ1v) is 13.1. The second-order valence-corrected chi connectivity index (χ2v) is 9.69. The van der Waals surface area contributed by atoms with Crippen molar-refractivity contribution in [1.82, 2.24) is 19.0 Å². The number of hydrazone groups is 1. The molecule has 0 radical (unpaired) electrons. The van der Waals surface area contributed by atoms with Crippen molar-refractivity contribution in [3.05, 3.63) is 86.7 Å². The lowest BCUT2D eigenvalue weighted by atomic mass is 10.0. The fraction of sp³-hybridized carbons (Fsp3) is 0.379. The first kappa shape index (κ1) is 28.7. The molecule has 2 heterocycles. The maximum atomic E-state index is 13.9. The first-order chi connectivity index (χ1) is 19.4. The third-order valence-corrected chi connectivity index (χ3v) is 6.98. The van der Waals surface area contributed by atoms with Crippen LogP contribution in [-0.4, -0.2) is 64.7 Å². The molecule has 0 N–H and O–H groups in total. The number of aromatic nitrogens is 2. The van der Waals surface area contributed by atoms with E-state index in [1.807, 2.05) is 37.3 Å². The number of carbonyl (C=O) groups is 1. The quantitative estimate of drug-likeness (QED) is 0.194. The van der Waals surface area contributed by atoms with Gasteiger partial charge in [0.1, 0.15) is 19.1 Å². The predicted octanol–water partition coefficient (Wildman–Crippen LogP) is 3.64. The van der Waals surface area contributed by atoms with Crippen LogP contribution in [0.15, 0.2) is 69.4 Å². The molecule has 4 rings (SSSR count). The summed E-state index contributed by atoms with van der Waals surface area (Å²) in [6.45, 7) is 4.86. The zero-order chi connectivity index (χ0) is 28.6. The highest BCUT2D eigenvalue weighted by Gasteiger charge is 2.25. The van der Waals surface area contributed by atoms with Crippen molar-refractivity contribution in [2.75, 3.05) is 26.4 Å². The Morgan fingerprint density at radius 1 is 1.12 bits per heavy atom.